The molecule has 1 atom stereocenters. The molecule has 0 aliphatic carbocycles. The molecule has 0 aliphatic heterocycles. The molecule has 0 radical (unpaired) electrons. The van der Waals surface area contributed by atoms with Crippen LogP contribution in [0.3, 0.4) is 0 Å². The van der Waals surface area contributed by atoms with Crippen LogP contribution in [0.2, 0.25) is 0 Å². The molecule has 0 amide bonds. The Bertz CT molecular complexity index is 536. The number of benzene rings is 2. The molecule has 2 nitrogen and oxygen atoms in total. The van der Waals surface area contributed by atoms with E-state index in [2.05, 4.69) is 62.5 Å². The molecule has 2 aromatic rings. The predicted molar refractivity (Wildman–Crippen MR) is 88.1 cm³/mol. The van der Waals surface area contributed by atoms with E-state index in [9.17, 15) is 0 Å². The third kappa shape index (κ3) is 5.33. The molecule has 0 fully saturated rings. The van der Waals surface area contributed by atoms with Crippen molar-refractivity contribution in [2.75, 3.05) is 0 Å². The highest BCUT2D eigenvalue weighted by atomic mass is 16.5. The van der Waals surface area contributed by atoms with Gasteiger partial charge < -0.3 is 10.1 Å². The van der Waals surface area contributed by atoms with Crippen LogP contribution in [-0.4, -0.2) is 6.04 Å². The maximum absolute atomic E-state index is 5.97. The van der Waals surface area contributed by atoms with Gasteiger partial charge in [0.15, 0.2) is 0 Å². The summed E-state index contributed by atoms with van der Waals surface area (Å²) in [5, 5.41) is 3.44. The van der Waals surface area contributed by atoms with Crippen LogP contribution in [0.25, 0.3) is 0 Å². The first kappa shape index (κ1) is 15.7. The normalized spacial score (nSPS) is 12.6. The molecule has 21 heavy (non-hydrogen) atoms. The first-order chi connectivity index (χ1) is 10.1. The van der Waals surface area contributed by atoms with Gasteiger partial charge in [0.05, 0.1) is 12.7 Å². The molecule has 1 unspecified atom stereocenters. The molecule has 1 N–H and O–H groups in total. The zero-order valence-corrected chi connectivity index (χ0v) is 13.2. The molecule has 0 saturated carbocycles. The summed E-state index contributed by atoms with van der Waals surface area (Å²) in [6.07, 6.45) is 0.114. The Balaban J connectivity index is 1.89. The van der Waals surface area contributed by atoms with Crippen LogP contribution in [0.1, 0.15) is 43.6 Å². The zero-order chi connectivity index (χ0) is 15.1. The third-order valence-electron chi connectivity index (χ3n) is 3.47. The van der Waals surface area contributed by atoms with Crippen molar-refractivity contribution in [3.8, 4) is 0 Å². The van der Waals surface area contributed by atoms with Gasteiger partial charge in [-0.15, -0.1) is 0 Å². The van der Waals surface area contributed by atoms with Gasteiger partial charge >= 0.3 is 0 Å². The lowest BCUT2D eigenvalue weighted by Crippen LogP contribution is -2.21. The average Bonchev–Trinajstić information content (AvgIpc) is 2.52. The standard InChI is InChI=1S/C19H25NO/c1-15(2)20-13-17-8-7-9-18(12-17)14-21-16(3)19-10-5-4-6-11-19/h4-12,15-16,20H,13-14H2,1-3H3. The molecular formula is C19H25NO. The molecule has 0 spiro atoms. The number of rotatable bonds is 7. The first-order valence-corrected chi connectivity index (χ1v) is 7.63. The van der Waals surface area contributed by atoms with Crippen LogP contribution in [0.4, 0.5) is 0 Å². The second-order valence-electron chi connectivity index (χ2n) is 5.72. The molecule has 0 aliphatic rings. The fraction of sp³-hybridized carbons (Fsp3) is 0.368. The van der Waals surface area contributed by atoms with Crippen molar-refractivity contribution in [1.82, 2.24) is 5.32 Å². The summed E-state index contributed by atoms with van der Waals surface area (Å²) in [5.74, 6) is 0. The Morgan fingerprint density at radius 2 is 1.62 bits per heavy atom. The Morgan fingerprint density at radius 3 is 2.33 bits per heavy atom. The molecule has 0 heterocycles. The van der Waals surface area contributed by atoms with E-state index in [-0.39, 0.29) is 6.10 Å². The van der Waals surface area contributed by atoms with Crippen molar-refractivity contribution < 1.29 is 4.74 Å². The topological polar surface area (TPSA) is 21.3 Å². The number of nitrogens with one attached hydrogen (secondary N) is 1. The molecule has 2 rings (SSSR count). The summed E-state index contributed by atoms with van der Waals surface area (Å²) in [6.45, 7) is 7.97. The van der Waals surface area contributed by atoms with Crippen molar-refractivity contribution in [1.29, 1.82) is 0 Å². The first-order valence-electron chi connectivity index (χ1n) is 7.63. The molecule has 2 aromatic carbocycles. The largest absolute Gasteiger partial charge is 0.369 e. The summed E-state index contributed by atoms with van der Waals surface area (Å²) in [6, 6.07) is 19.4. The van der Waals surface area contributed by atoms with E-state index in [1.807, 2.05) is 18.2 Å². The zero-order valence-electron chi connectivity index (χ0n) is 13.2. The van der Waals surface area contributed by atoms with Crippen molar-refractivity contribution in [2.45, 2.75) is 46.1 Å². The molecule has 0 bridgehead atoms. The van der Waals surface area contributed by atoms with Crippen LogP contribution in [0.5, 0.6) is 0 Å². The lowest BCUT2D eigenvalue weighted by atomic mass is 10.1. The van der Waals surface area contributed by atoms with Gasteiger partial charge in [-0.2, -0.15) is 0 Å². The minimum absolute atomic E-state index is 0.114. The Kier molecular flexibility index (Phi) is 5.97. The summed E-state index contributed by atoms with van der Waals surface area (Å²) < 4.78 is 5.97. The maximum atomic E-state index is 5.97. The van der Waals surface area contributed by atoms with E-state index in [0.29, 0.717) is 12.6 Å². The SMILES string of the molecule is CC(C)NCc1cccc(COC(C)c2ccccc2)c1. The molecule has 2 heteroatoms. The smallest absolute Gasteiger partial charge is 0.0801 e. The Labute approximate surface area is 128 Å². The van der Waals surface area contributed by atoms with Gasteiger partial charge in [0, 0.05) is 12.6 Å². The minimum atomic E-state index is 0.114. The lowest BCUT2D eigenvalue weighted by molar-refractivity contribution is 0.0525. The molecular weight excluding hydrogens is 258 g/mol. The van der Waals surface area contributed by atoms with Gasteiger partial charge in [-0.05, 0) is 23.6 Å². The predicted octanol–water partition coefficient (Wildman–Crippen LogP) is 4.46. The average molecular weight is 283 g/mol. The highest BCUT2D eigenvalue weighted by molar-refractivity contribution is 5.23. The van der Waals surface area contributed by atoms with Crippen molar-refractivity contribution in [2.24, 2.45) is 0 Å². The van der Waals surface area contributed by atoms with Crippen molar-refractivity contribution in [3.63, 3.8) is 0 Å². The van der Waals surface area contributed by atoms with E-state index in [1.54, 1.807) is 0 Å². The lowest BCUT2D eigenvalue weighted by Gasteiger charge is -2.14. The summed E-state index contributed by atoms with van der Waals surface area (Å²) >= 11 is 0. The van der Waals surface area contributed by atoms with Crippen molar-refractivity contribution >= 4 is 0 Å². The van der Waals surface area contributed by atoms with E-state index in [4.69, 9.17) is 4.74 Å². The van der Waals surface area contributed by atoms with Gasteiger partial charge in [0.25, 0.3) is 0 Å². The summed E-state index contributed by atoms with van der Waals surface area (Å²) in [5.41, 5.74) is 3.74. The number of hydrogen-bond acceptors (Lipinski definition) is 2. The number of ether oxygens (including phenoxy) is 1. The fourth-order valence-electron chi connectivity index (χ4n) is 2.19. The minimum Gasteiger partial charge on any atom is -0.369 e. The molecule has 0 saturated heterocycles. The Morgan fingerprint density at radius 1 is 0.905 bits per heavy atom. The second-order valence-corrected chi connectivity index (χ2v) is 5.72. The molecule has 112 valence electrons. The molecule has 0 aromatic heterocycles. The fourth-order valence-corrected chi connectivity index (χ4v) is 2.19. The monoisotopic (exact) mass is 283 g/mol. The van der Waals surface area contributed by atoms with E-state index < -0.39 is 0 Å². The van der Waals surface area contributed by atoms with E-state index in [1.165, 1.54) is 16.7 Å². The van der Waals surface area contributed by atoms with E-state index >= 15 is 0 Å². The Hall–Kier alpha value is -1.64. The van der Waals surface area contributed by atoms with Crippen LogP contribution < -0.4 is 5.32 Å². The summed E-state index contributed by atoms with van der Waals surface area (Å²) in [7, 11) is 0. The van der Waals surface area contributed by atoms with Crippen LogP contribution in [0, 0.1) is 0 Å². The van der Waals surface area contributed by atoms with Gasteiger partial charge in [-0.3, -0.25) is 0 Å². The van der Waals surface area contributed by atoms with Gasteiger partial charge in [-0.1, -0.05) is 68.4 Å². The highest BCUT2D eigenvalue weighted by Gasteiger charge is 2.05. The maximum Gasteiger partial charge on any atom is 0.0801 e. The second kappa shape index (κ2) is 7.96. The third-order valence-corrected chi connectivity index (χ3v) is 3.47. The van der Waals surface area contributed by atoms with Crippen molar-refractivity contribution in [3.05, 3.63) is 71.3 Å². The summed E-state index contributed by atoms with van der Waals surface area (Å²) in [4.78, 5) is 0. The van der Waals surface area contributed by atoms with Gasteiger partial charge in [-0.25, -0.2) is 0 Å². The van der Waals surface area contributed by atoms with Crippen LogP contribution in [-0.2, 0) is 17.9 Å². The van der Waals surface area contributed by atoms with Crippen LogP contribution in [0.15, 0.2) is 54.6 Å². The highest BCUT2D eigenvalue weighted by Crippen LogP contribution is 2.18. The van der Waals surface area contributed by atoms with E-state index in [0.717, 1.165) is 6.54 Å². The number of hydrogen-bond donors (Lipinski definition) is 1. The van der Waals surface area contributed by atoms with Crippen LogP contribution >= 0.6 is 0 Å². The quantitative estimate of drug-likeness (QED) is 0.810. The van der Waals surface area contributed by atoms with Gasteiger partial charge in [0.1, 0.15) is 0 Å². The van der Waals surface area contributed by atoms with Gasteiger partial charge in [0.2, 0.25) is 0 Å².